The summed E-state index contributed by atoms with van der Waals surface area (Å²) in [6.07, 6.45) is 6.15. The molecule has 6 aromatic rings. The van der Waals surface area contributed by atoms with Crippen LogP contribution in [0.1, 0.15) is 47.2 Å². The minimum atomic E-state index is -0.616. The van der Waals surface area contributed by atoms with Gasteiger partial charge in [0, 0.05) is 16.5 Å². The molecule has 7 rings (SSSR count). The first kappa shape index (κ1) is 24.0. The van der Waals surface area contributed by atoms with Crippen molar-refractivity contribution in [3.8, 4) is 22.8 Å². The van der Waals surface area contributed by atoms with Gasteiger partial charge in [0.2, 0.25) is 0 Å². The predicted octanol–water partition coefficient (Wildman–Crippen LogP) is 6.41. The highest BCUT2D eigenvalue weighted by molar-refractivity contribution is 5.73. The minimum Gasteiger partial charge on any atom is -0.225 e. The number of rotatable bonds is 4. The monoisotopic (exact) mass is 518 g/mol. The van der Waals surface area contributed by atoms with E-state index in [1.54, 1.807) is 0 Å². The lowest BCUT2D eigenvalue weighted by Crippen LogP contribution is -2.41. The van der Waals surface area contributed by atoms with Crippen molar-refractivity contribution in [2.75, 3.05) is 0 Å². The average molecular weight is 519 g/mol. The molecule has 4 aromatic carbocycles. The second-order valence-corrected chi connectivity index (χ2v) is 10.6. The molecule has 0 bridgehead atoms. The van der Waals surface area contributed by atoms with Gasteiger partial charge in [0.1, 0.15) is 25.3 Å². The van der Waals surface area contributed by atoms with Crippen LogP contribution in [0.15, 0.2) is 122 Å². The molecule has 2 heterocycles. The summed E-state index contributed by atoms with van der Waals surface area (Å²) in [5, 5.41) is 0. The Labute approximate surface area is 232 Å². The highest BCUT2D eigenvalue weighted by Crippen LogP contribution is 2.56. The van der Waals surface area contributed by atoms with E-state index in [1.165, 1.54) is 47.6 Å². The van der Waals surface area contributed by atoms with Gasteiger partial charge < -0.3 is 0 Å². The molecule has 0 radical (unpaired) electrons. The number of benzene rings is 4. The molecule has 192 valence electrons. The van der Waals surface area contributed by atoms with Gasteiger partial charge in [-0.3, -0.25) is 0 Å². The SMILES string of the molecule is CC1(C)c2ccccc2C(c2cccc(-c3ncncn3)c2)(c2cccc(-c3ncncn3)c2)c2ccccc21. The third kappa shape index (κ3) is 3.57. The summed E-state index contributed by atoms with van der Waals surface area (Å²) < 4.78 is 0. The van der Waals surface area contributed by atoms with Crippen LogP contribution < -0.4 is 0 Å². The van der Waals surface area contributed by atoms with Gasteiger partial charge in [0.25, 0.3) is 0 Å². The fraction of sp³-hybridized carbons (Fsp3) is 0.118. The Morgan fingerprint density at radius 2 is 0.850 bits per heavy atom. The van der Waals surface area contributed by atoms with E-state index in [1.807, 2.05) is 0 Å². The van der Waals surface area contributed by atoms with Gasteiger partial charge in [0.05, 0.1) is 5.41 Å². The summed E-state index contributed by atoms with van der Waals surface area (Å²) in [5.41, 5.74) is 8.43. The van der Waals surface area contributed by atoms with Crippen LogP contribution in [0.2, 0.25) is 0 Å². The van der Waals surface area contributed by atoms with Crippen molar-refractivity contribution in [2.45, 2.75) is 24.7 Å². The van der Waals surface area contributed by atoms with E-state index in [0.717, 1.165) is 22.3 Å². The molecule has 1 aliphatic carbocycles. The summed E-state index contributed by atoms with van der Waals surface area (Å²) in [6.45, 7) is 4.63. The molecule has 0 aliphatic heterocycles. The molecule has 0 N–H and O–H groups in total. The van der Waals surface area contributed by atoms with Gasteiger partial charge in [-0.25, -0.2) is 29.9 Å². The summed E-state index contributed by atoms with van der Waals surface area (Å²) in [7, 11) is 0. The first-order chi connectivity index (χ1) is 19.6. The molecule has 0 amide bonds. The molecule has 6 heteroatoms. The second kappa shape index (κ2) is 9.27. The van der Waals surface area contributed by atoms with Gasteiger partial charge in [-0.15, -0.1) is 0 Å². The quantitative estimate of drug-likeness (QED) is 0.268. The number of nitrogens with zero attached hydrogens (tertiary/aromatic N) is 6. The van der Waals surface area contributed by atoms with Crippen molar-refractivity contribution >= 4 is 0 Å². The largest absolute Gasteiger partial charge is 0.225 e. The van der Waals surface area contributed by atoms with Crippen LogP contribution >= 0.6 is 0 Å². The molecule has 0 unspecified atom stereocenters. The van der Waals surface area contributed by atoms with Gasteiger partial charge >= 0.3 is 0 Å². The summed E-state index contributed by atoms with van der Waals surface area (Å²) in [4.78, 5) is 25.8. The lowest BCUT2D eigenvalue weighted by molar-refractivity contribution is 0.558. The van der Waals surface area contributed by atoms with Crippen molar-refractivity contribution in [1.29, 1.82) is 0 Å². The summed E-state index contributed by atoms with van der Waals surface area (Å²) >= 11 is 0. The van der Waals surface area contributed by atoms with E-state index in [-0.39, 0.29) is 5.41 Å². The van der Waals surface area contributed by atoms with Crippen molar-refractivity contribution in [2.24, 2.45) is 0 Å². The number of fused-ring (bicyclic) bond motifs is 2. The lowest BCUT2D eigenvalue weighted by atomic mass is 9.54. The molecule has 6 nitrogen and oxygen atoms in total. The Balaban J connectivity index is 1.61. The maximum absolute atomic E-state index is 4.45. The maximum atomic E-state index is 4.45. The standard InChI is InChI=1S/C34H26N6/c1-33(2)27-13-3-5-15-29(27)34(30-16-6-4-14-28(30)33,25-11-7-9-23(17-25)31-37-19-35-20-38-31)26-12-8-10-24(18-26)32-39-21-36-22-40-32/h3-22H,1-2H3. The Morgan fingerprint density at radius 3 is 1.27 bits per heavy atom. The normalized spacial score (nSPS) is 14.7. The van der Waals surface area contributed by atoms with E-state index in [4.69, 9.17) is 0 Å². The van der Waals surface area contributed by atoms with Crippen LogP contribution in [0.25, 0.3) is 22.8 Å². The molecule has 0 fully saturated rings. The number of aromatic nitrogens is 6. The molecule has 40 heavy (non-hydrogen) atoms. The topological polar surface area (TPSA) is 77.3 Å². The first-order valence-electron chi connectivity index (χ1n) is 13.3. The van der Waals surface area contributed by atoms with Gasteiger partial charge in [-0.1, -0.05) is 98.8 Å². The highest BCUT2D eigenvalue weighted by Gasteiger charge is 2.49. The van der Waals surface area contributed by atoms with Crippen LogP contribution in [-0.2, 0) is 10.8 Å². The third-order valence-electron chi connectivity index (χ3n) is 8.10. The smallest absolute Gasteiger partial charge is 0.162 e. The number of hydrogen-bond donors (Lipinski definition) is 0. The van der Waals surface area contributed by atoms with Crippen LogP contribution in [0, 0.1) is 0 Å². The third-order valence-corrected chi connectivity index (χ3v) is 8.10. The van der Waals surface area contributed by atoms with Crippen molar-refractivity contribution < 1.29 is 0 Å². The molecule has 0 saturated carbocycles. The average Bonchev–Trinajstić information content (AvgIpc) is 3.03. The van der Waals surface area contributed by atoms with E-state index in [9.17, 15) is 0 Å². The van der Waals surface area contributed by atoms with Gasteiger partial charge in [-0.05, 0) is 45.5 Å². The minimum absolute atomic E-state index is 0.186. The predicted molar refractivity (Wildman–Crippen MR) is 155 cm³/mol. The van der Waals surface area contributed by atoms with E-state index in [0.29, 0.717) is 11.6 Å². The molecule has 1 aliphatic rings. The van der Waals surface area contributed by atoms with Crippen LogP contribution in [-0.4, -0.2) is 29.9 Å². The van der Waals surface area contributed by atoms with Gasteiger partial charge in [-0.2, -0.15) is 0 Å². The molecule has 2 aromatic heterocycles. The van der Waals surface area contributed by atoms with Crippen LogP contribution in [0.4, 0.5) is 0 Å². The Kier molecular flexibility index (Phi) is 5.56. The zero-order chi connectivity index (χ0) is 27.2. The fourth-order valence-electron chi connectivity index (χ4n) is 6.35. The number of hydrogen-bond acceptors (Lipinski definition) is 6. The molecule has 0 atom stereocenters. The lowest BCUT2D eigenvalue weighted by Gasteiger charge is -2.48. The molecule has 0 spiro atoms. The zero-order valence-electron chi connectivity index (χ0n) is 22.2. The Hall–Kier alpha value is -5.10. The van der Waals surface area contributed by atoms with Crippen molar-refractivity contribution in [3.05, 3.63) is 156 Å². The van der Waals surface area contributed by atoms with E-state index in [2.05, 4.69) is 141 Å². The fourth-order valence-corrected chi connectivity index (χ4v) is 6.35. The van der Waals surface area contributed by atoms with Gasteiger partial charge in [0.15, 0.2) is 11.6 Å². The van der Waals surface area contributed by atoms with Crippen molar-refractivity contribution in [3.63, 3.8) is 0 Å². The first-order valence-corrected chi connectivity index (χ1v) is 13.3. The molecular weight excluding hydrogens is 492 g/mol. The summed E-state index contributed by atoms with van der Waals surface area (Å²) in [6, 6.07) is 34.8. The van der Waals surface area contributed by atoms with E-state index >= 15 is 0 Å². The highest BCUT2D eigenvalue weighted by atomic mass is 15.0. The maximum Gasteiger partial charge on any atom is 0.162 e. The zero-order valence-corrected chi connectivity index (χ0v) is 22.2. The van der Waals surface area contributed by atoms with Crippen molar-refractivity contribution in [1.82, 2.24) is 29.9 Å². The molecular formula is C34H26N6. The summed E-state index contributed by atoms with van der Waals surface area (Å²) in [5.74, 6) is 1.28. The second-order valence-electron chi connectivity index (χ2n) is 10.6. The van der Waals surface area contributed by atoms with E-state index < -0.39 is 5.41 Å². The molecule has 0 saturated heterocycles. The Bertz CT molecular complexity index is 1700. The van der Waals surface area contributed by atoms with Crippen LogP contribution in [0.3, 0.4) is 0 Å². The Morgan fingerprint density at radius 1 is 0.450 bits per heavy atom. The van der Waals surface area contributed by atoms with Crippen LogP contribution in [0.5, 0.6) is 0 Å².